The Labute approximate surface area is 255 Å². The van der Waals surface area contributed by atoms with Gasteiger partial charge in [0.1, 0.15) is 0 Å². The van der Waals surface area contributed by atoms with Gasteiger partial charge in [-0.15, -0.1) is 0 Å². The van der Waals surface area contributed by atoms with E-state index in [4.69, 9.17) is 28.8 Å². The van der Waals surface area contributed by atoms with Crippen LogP contribution in [0.25, 0.3) is 5.69 Å². The van der Waals surface area contributed by atoms with Gasteiger partial charge >= 0.3 is 0 Å². The molecule has 0 spiro atoms. The van der Waals surface area contributed by atoms with Crippen molar-refractivity contribution < 1.29 is 0 Å². The Morgan fingerprint density at radius 3 is 2.48 bits per heavy atom. The van der Waals surface area contributed by atoms with E-state index in [0.717, 1.165) is 57.0 Å². The first-order valence-electron chi connectivity index (χ1n) is 13.8. The maximum absolute atomic E-state index is 6.97. The molecule has 8 heteroatoms. The summed E-state index contributed by atoms with van der Waals surface area (Å²) in [5, 5.41) is 5.03. The molecule has 0 unspecified atom stereocenters. The number of benzene rings is 2. The molecular formula is C32H33BrClN5S. The second-order valence-electron chi connectivity index (χ2n) is 10.9. The third-order valence-electron chi connectivity index (χ3n) is 8.29. The van der Waals surface area contributed by atoms with Gasteiger partial charge in [-0.1, -0.05) is 46.6 Å². The van der Waals surface area contributed by atoms with Gasteiger partial charge in [0.25, 0.3) is 0 Å². The Bertz CT molecular complexity index is 1550. The summed E-state index contributed by atoms with van der Waals surface area (Å²) in [6.45, 7) is 8.75. The molecule has 2 aromatic heterocycles. The molecular weight excluding hydrogens is 602 g/mol. The highest BCUT2D eigenvalue weighted by atomic mass is 79.9. The van der Waals surface area contributed by atoms with E-state index in [9.17, 15) is 0 Å². The van der Waals surface area contributed by atoms with Crippen LogP contribution in [0.3, 0.4) is 0 Å². The van der Waals surface area contributed by atoms with E-state index >= 15 is 0 Å². The number of hydrogen-bond acceptors (Lipinski definition) is 3. The number of piperidine rings is 1. The van der Waals surface area contributed by atoms with E-state index in [1.54, 1.807) is 0 Å². The molecule has 2 atom stereocenters. The lowest BCUT2D eigenvalue weighted by Crippen LogP contribution is -2.33. The largest absolute Gasteiger partial charge is 0.370 e. The quantitative estimate of drug-likeness (QED) is 0.224. The van der Waals surface area contributed by atoms with Crippen molar-refractivity contribution >= 4 is 56.2 Å². The summed E-state index contributed by atoms with van der Waals surface area (Å²) in [6.07, 6.45) is 4.23. The van der Waals surface area contributed by atoms with Crippen LogP contribution >= 0.6 is 39.7 Å². The van der Waals surface area contributed by atoms with Crippen LogP contribution in [-0.2, 0) is 0 Å². The van der Waals surface area contributed by atoms with Gasteiger partial charge in [0, 0.05) is 46.5 Å². The van der Waals surface area contributed by atoms with Gasteiger partial charge in [-0.2, -0.15) is 0 Å². The Morgan fingerprint density at radius 1 is 0.975 bits per heavy atom. The van der Waals surface area contributed by atoms with Gasteiger partial charge in [-0.3, -0.25) is 4.98 Å². The first-order chi connectivity index (χ1) is 19.3. The zero-order valence-corrected chi connectivity index (χ0v) is 26.1. The molecule has 4 heterocycles. The lowest BCUT2D eigenvalue weighted by Gasteiger charge is -2.33. The van der Waals surface area contributed by atoms with Crippen molar-refractivity contribution in [1.82, 2.24) is 14.9 Å². The Hall–Kier alpha value is -2.87. The Morgan fingerprint density at radius 2 is 1.77 bits per heavy atom. The van der Waals surface area contributed by atoms with Crippen LogP contribution in [0.1, 0.15) is 54.5 Å². The molecule has 4 aromatic rings. The highest BCUT2D eigenvalue weighted by Gasteiger charge is 2.42. The molecule has 0 saturated carbocycles. The fraction of sp³-hybridized carbons (Fsp3) is 0.312. The molecule has 0 aliphatic carbocycles. The van der Waals surface area contributed by atoms with Gasteiger partial charge in [0.05, 0.1) is 28.5 Å². The van der Waals surface area contributed by atoms with Crippen LogP contribution in [0.4, 0.5) is 11.4 Å². The van der Waals surface area contributed by atoms with Gasteiger partial charge in [-0.25, -0.2) is 0 Å². The standard InChI is InChI=1S/C32H33BrClN5S/c1-20-12-15-37(16-13-20)29-11-10-25(19-27(29)34)39-31(30(36-32(39)40)28-9-4-5-14-35-28)26-17-21(2)38(22(26)3)24-8-6-7-23(33)18-24/h4-11,14,17-20,30-31H,12-13,15-16H2,1-3H3,(H,36,40)/t30-,31-/m0/s1. The molecule has 40 heavy (non-hydrogen) atoms. The highest BCUT2D eigenvalue weighted by Crippen LogP contribution is 2.45. The maximum atomic E-state index is 6.97. The minimum atomic E-state index is -0.118. The predicted octanol–water partition coefficient (Wildman–Crippen LogP) is 8.32. The van der Waals surface area contributed by atoms with Crippen molar-refractivity contribution in [2.75, 3.05) is 22.9 Å². The fourth-order valence-corrected chi connectivity index (χ4v) is 7.23. The molecule has 0 bridgehead atoms. The van der Waals surface area contributed by atoms with Crippen molar-refractivity contribution in [2.24, 2.45) is 5.92 Å². The summed E-state index contributed by atoms with van der Waals surface area (Å²) in [5.74, 6) is 0.766. The molecule has 6 rings (SSSR count). The summed E-state index contributed by atoms with van der Waals surface area (Å²) in [4.78, 5) is 9.36. The van der Waals surface area contributed by atoms with E-state index in [2.05, 4.69) is 111 Å². The number of nitrogens with one attached hydrogen (secondary N) is 1. The first kappa shape index (κ1) is 27.3. The summed E-state index contributed by atoms with van der Waals surface area (Å²) >= 11 is 16.6. The normalized spacial score (nSPS) is 19.8. The molecule has 0 radical (unpaired) electrons. The third-order valence-corrected chi connectivity index (χ3v) is 9.40. The first-order valence-corrected chi connectivity index (χ1v) is 15.4. The van der Waals surface area contributed by atoms with Crippen molar-refractivity contribution in [3.05, 3.63) is 105 Å². The summed E-state index contributed by atoms with van der Waals surface area (Å²) in [7, 11) is 0. The Balaban J connectivity index is 1.44. The van der Waals surface area contributed by atoms with Crippen LogP contribution in [0.2, 0.25) is 5.02 Å². The predicted molar refractivity (Wildman–Crippen MR) is 173 cm³/mol. The SMILES string of the molecule is Cc1cc([C@H]2[C@H](c3ccccn3)NC(=S)N2c2ccc(N3CCC(C)CC3)c(Cl)c2)c(C)n1-c1cccc(Br)c1. The van der Waals surface area contributed by atoms with Gasteiger partial charge in [0.2, 0.25) is 0 Å². The number of aryl methyl sites for hydroxylation is 1. The number of halogens is 2. The van der Waals surface area contributed by atoms with Crippen molar-refractivity contribution in [3.63, 3.8) is 0 Å². The van der Waals surface area contributed by atoms with Gasteiger partial charge in [-0.05, 0) is 105 Å². The minimum Gasteiger partial charge on any atom is -0.370 e. The average Bonchev–Trinajstić information content (AvgIpc) is 3.44. The summed E-state index contributed by atoms with van der Waals surface area (Å²) < 4.78 is 3.36. The highest BCUT2D eigenvalue weighted by molar-refractivity contribution is 9.10. The summed E-state index contributed by atoms with van der Waals surface area (Å²) in [6, 6.07) is 22.9. The zero-order valence-electron chi connectivity index (χ0n) is 22.9. The lowest BCUT2D eigenvalue weighted by molar-refractivity contribution is 0.438. The van der Waals surface area contributed by atoms with E-state index < -0.39 is 0 Å². The molecule has 206 valence electrons. The van der Waals surface area contributed by atoms with E-state index in [-0.39, 0.29) is 12.1 Å². The van der Waals surface area contributed by atoms with Crippen LogP contribution in [0, 0.1) is 19.8 Å². The molecule has 2 fully saturated rings. The van der Waals surface area contributed by atoms with Gasteiger partial charge < -0.3 is 19.7 Å². The second-order valence-corrected chi connectivity index (χ2v) is 12.7. The zero-order chi connectivity index (χ0) is 28.0. The molecule has 2 aliphatic heterocycles. The number of rotatable bonds is 5. The second kappa shape index (κ2) is 11.2. The molecule has 1 N–H and O–H groups in total. The summed E-state index contributed by atoms with van der Waals surface area (Å²) in [5.41, 5.74) is 7.68. The molecule has 2 saturated heterocycles. The van der Waals surface area contributed by atoms with Crippen LogP contribution in [-0.4, -0.2) is 27.8 Å². The number of thiocarbonyl (C=S) groups is 1. The van der Waals surface area contributed by atoms with Crippen molar-refractivity contribution in [1.29, 1.82) is 0 Å². The van der Waals surface area contributed by atoms with Crippen LogP contribution in [0.5, 0.6) is 0 Å². The Kier molecular flexibility index (Phi) is 7.64. The molecule has 0 amide bonds. The monoisotopic (exact) mass is 633 g/mol. The van der Waals surface area contributed by atoms with Crippen LogP contribution < -0.4 is 15.1 Å². The van der Waals surface area contributed by atoms with Gasteiger partial charge in [0.15, 0.2) is 5.11 Å². The average molecular weight is 635 g/mol. The topological polar surface area (TPSA) is 36.3 Å². The van der Waals surface area contributed by atoms with Crippen LogP contribution in [0.15, 0.2) is 77.4 Å². The number of anilines is 2. The molecule has 2 aromatic carbocycles. The maximum Gasteiger partial charge on any atom is 0.174 e. The minimum absolute atomic E-state index is 0.104. The molecule has 5 nitrogen and oxygen atoms in total. The third kappa shape index (κ3) is 5.04. The van der Waals surface area contributed by atoms with Crippen molar-refractivity contribution in [2.45, 2.75) is 45.7 Å². The number of nitrogens with zero attached hydrogens (tertiary/aromatic N) is 4. The van der Waals surface area contributed by atoms with Crippen molar-refractivity contribution in [3.8, 4) is 5.69 Å². The number of aromatic nitrogens is 2. The van der Waals surface area contributed by atoms with E-state index in [1.807, 2.05) is 18.3 Å². The smallest absolute Gasteiger partial charge is 0.174 e. The van der Waals surface area contributed by atoms with E-state index in [0.29, 0.717) is 5.11 Å². The fourth-order valence-electron chi connectivity index (χ4n) is 6.20. The number of pyridine rings is 1. The molecule has 2 aliphatic rings. The number of hydrogen-bond donors (Lipinski definition) is 1. The lowest BCUT2D eigenvalue weighted by atomic mass is 9.96. The van der Waals surface area contributed by atoms with E-state index in [1.165, 1.54) is 24.1 Å².